The van der Waals surface area contributed by atoms with Crippen LogP contribution in [0.5, 0.6) is 5.75 Å². The second kappa shape index (κ2) is 5.87. The normalized spacial score (nSPS) is 11.4. The SMILES string of the molecule is Cc1cccc(COc2cc(C)c(S(N)(=O)=O)c(C)c2)c1. The summed E-state index contributed by atoms with van der Waals surface area (Å²) < 4.78 is 28.8. The zero-order chi connectivity index (χ0) is 15.6. The molecule has 0 aromatic heterocycles. The Morgan fingerprint density at radius 2 is 1.67 bits per heavy atom. The second-order valence-electron chi connectivity index (χ2n) is 5.21. The molecular weight excluding hydrogens is 286 g/mol. The van der Waals surface area contributed by atoms with Crippen molar-refractivity contribution in [3.05, 3.63) is 58.7 Å². The minimum atomic E-state index is -3.71. The molecule has 0 aliphatic rings. The molecule has 0 saturated heterocycles. The highest BCUT2D eigenvalue weighted by molar-refractivity contribution is 7.89. The quantitative estimate of drug-likeness (QED) is 0.944. The van der Waals surface area contributed by atoms with E-state index >= 15 is 0 Å². The summed E-state index contributed by atoms with van der Waals surface area (Å²) in [5.41, 5.74) is 3.43. The molecule has 0 saturated carbocycles. The van der Waals surface area contributed by atoms with Crippen molar-refractivity contribution in [1.82, 2.24) is 0 Å². The molecule has 0 spiro atoms. The summed E-state index contributed by atoms with van der Waals surface area (Å²) in [6.45, 7) is 5.90. The lowest BCUT2D eigenvalue weighted by Crippen LogP contribution is -2.15. The first-order chi connectivity index (χ1) is 9.77. The third-order valence-electron chi connectivity index (χ3n) is 3.21. The van der Waals surface area contributed by atoms with Gasteiger partial charge in [-0.25, -0.2) is 13.6 Å². The Morgan fingerprint density at radius 1 is 1.05 bits per heavy atom. The highest BCUT2D eigenvalue weighted by Crippen LogP contribution is 2.25. The van der Waals surface area contributed by atoms with Gasteiger partial charge in [0.2, 0.25) is 10.0 Å². The Kier molecular flexibility index (Phi) is 4.34. The Balaban J connectivity index is 2.23. The van der Waals surface area contributed by atoms with Crippen LogP contribution in [-0.2, 0) is 16.6 Å². The Hall–Kier alpha value is -1.85. The van der Waals surface area contributed by atoms with E-state index < -0.39 is 10.0 Å². The van der Waals surface area contributed by atoms with Crippen LogP contribution in [0, 0.1) is 20.8 Å². The first-order valence-corrected chi connectivity index (χ1v) is 8.14. The molecule has 5 heteroatoms. The van der Waals surface area contributed by atoms with E-state index in [2.05, 4.69) is 6.07 Å². The Bertz CT molecular complexity index is 744. The fourth-order valence-corrected chi connectivity index (χ4v) is 3.43. The van der Waals surface area contributed by atoms with Crippen LogP contribution in [0.1, 0.15) is 22.3 Å². The molecule has 2 aromatic rings. The molecule has 0 atom stereocenters. The highest BCUT2D eigenvalue weighted by Gasteiger charge is 2.16. The van der Waals surface area contributed by atoms with Crippen LogP contribution in [0.2, 0.25) is 0 Å². The first kappa shape index (κ1) is 15.5. The van der Waals surface area contributed by atoms with Crippen LogP contribution in [0.3, 0.4) is 0 Å². The minimum Gasteiger partial charge on any atom is -0.489 e. The maximum absolute atomic E-state index is 11.5. The van der Waals surface area contributed by atoms with Gasteiger partial charge in [-0.3, -0.25) is 0 Å². The summed E-state index contributed by atoms with van der Waals surface area (Å²) >= 11 is 0. The maximum atomic E-state index is 11.5. The van der Waals surface area contributed by atoms with Crippen LogP contribution in [0.15, 0.2) is 41.3 Å². The van der Waals surface area contributed by atoms with E-state index in [1.54, 1.807) is 26.0 Å². The van der Waals surface area contributed by atoms with Crippen molar-refractivity contribution in [3.8, 4) is 5.75 Å². The monoisotopic (exact) mass is 305 g/mol. The number of benzene rings is 2. The largest absolute Gasteiger partial charge is 0.489 e. The molecule has 0 radical (unpaired) electrons. The molecule has 0 unspecified atom stereocenters. The number of sulfonamides is 1. The van der Waals surface area contributed by atoms with E-state index in [0.717, 1.165) is 5.56 Å². The van der Waals surface area contributed by atoms with E-state index in [9.17, 15) is 8.42 Å². The van der Waals surface area contributed by atoms with Gasteiger partial charge in [-0.05, 0) is 49.6 Å². The van der Waals surface area contributed by atoms with Gasteiger partial charge in [0, 0.05) is 0 Å². The van der Waals surface area contributed by atoms with Gasteiger partial charge in [0.15, 0.2) is 0 Å². The first-order valence-electron chi connectivity index (χ1n) is 6.60. The lowest BCUT2D eigenvalue weighted by Gasteiger charge is -2.12. The second-order valence-corrected chi connectivity index (χ2v) is 6.71. The van der Waals surface area contributed by atoms with Crippen molar-refractivity contribution in [2.24, 2.45) is 5.14 Å². The number of nitrogens with two attached hydrogens (primary N) is 1. The van der Waals surface area contributed by atoms with E-state index in [0.29, 0.717) is 23.5 Å². The zero-order valence-corrected chi connectivity index (χ0v) is 13.2. The van der Waals surface area contributed by atoms with E-state index in [-0.39, 0.29) is 4.90 Å². The van der Waals surface area contributed by atoms with Crippen molar-refractivity contribution < 1.29 is 13.2 Å². The van der Waals surface area contributed by atoms with Gasteiger partial charge < -0.3 is 4.74 Å². The molecular formula is C16H19NO3S. The molecule has 2 rings (SSSR count). The number of hydrogen-bond donors (Lipinski definition) is 1. The molecule has 0 heterocycles. The van der Waals surface area contributed by atoms with Gasteiger partial charge in [0.25, 0.3) is 0 Å². The minimum absolute atomic E-state index is 0.172. The number of primary sulfonamides is 1. The van der Waals surface area contributed by atoms with Crippen molar-refractivity contribution >= 4 is 10.0 Å². The fraction of sp³-hybridized carbons (Fsp3) is 0.250. The topological polar surface area (TPSA) is 69.4 Å². The average molecular weight is 305 g/mol. The average Bonchev–Trinajstić information content (AvgIpc) is 2.34. The van der Waals surface area contributed by atoms with Gasteiger partial charge in [-0.15, -0.1) is 0 Å². The van der Waals surface area contributed by atoms with E-state index in [1.807, 2.05) is 25.1 Å². The lowest BCUT2D eigenvalue weighted by molar-refractivity contribution is 0.305. The molecule has 0 fully saturated rings. The molecule has 2 N–H and O–H groups in total. The van der Waals surface area contributed by atoms with Crippen molar-refractivity contribution in [3.63, 3.8) is 0 Å². The Morgan fingerprint density at radius 3 is 2.19 bits per heavy atom. The molecule has 0 bridgehead atoms. The maximum Gasteiger partial charge on any atom is 0.238 e. The van der Waals surface area contributed by atoms with Crippen molar-refractivity contribution in [1.29, 1.82) is 0 Å². The molecule has 4 nitrogen and oxygen atoms in total. The summed E-state index contributed by atoms with van der Waals surface area (Å²) in [7, 11) is -3.71. The van der Waals surface area contributed by atoms with E-state index in [4.69, 9.17) is 9.88 Å². The number of ether oxygens (including phenoxy) is 1. The summed E-state index contributed by atoms with van der Waals surface area (Å²) in [5, 5.41) is 5.22. The lowest BCUT2D eigenvalue weighted by atomic mass is 10.1. The molecule has 112 valence electrons. The summed E-state index contributed by atoms with van der Waals surface area (Å²) in [6.07, 6.45) is 0. The molecule has 0 aliphatic carbocycles. The predicted molar refractivity (Wildman–Crippen MR) is 82.8 cm³/mol. The molecule has 0 aliphatic heterocycles. The van der Waals surface area contributed by atoms with Gasteiger partial charge >= 0.3 is 0 Å². The van der Waals surface area contributed by atoms with Crippen LogP contribution in [-0.4, -0.2) is 8.42 Å². The predicted octanol–water partition coefficient (Wildman–Crippen LogP) is 2.84. The van der Waals surface area contributed by atoms with Crippen LogP contribution in [0.25, 0.3) is 0 Å². The zero-order valence-electron chi connectivity index (χ0n) is 12.4. The van der Waals surface area contributed by atoms with Crippen LogP contribution >= 0.6 is 0 Å². The van der Waals surface area contributed by atoms with Gasteiger partial charge in [-0.2, -0.15) is 0 Å². The van der Waals surface area contributed by atoms with Crippen LogP contribution in [0.4, 0.5) is 0 Å². The summed E-state index contributed by atoms with van der Waals surface area (Å²) in [6, 6.07) is 11.4. The fourth-order valence-electron chi connectivity index (χ4n) is 2.41. The van der Waals surface area contributed by atoms with Gasteiger partial charge in [0.05, 0.1) is 4.90 Å². The number of rotatable bonds is 4. The highest BCUT2D eigenvalue weighted by atomic mass is 32.2. The number of hydrogen-bond acceptors (Lipinski definition) is 3. The molecule has 21 heavy (non-hydrogen) atoms. The third kappa shape index (κ3) is 3.83. The number of aryl methyl sites for hydroxylation is 3. The van der Waals surface area contributed by atoms with Gasteiger partial charge in [-0.1, -0.05) is 29.8 Å². The third-order valence-corrected chi connectivity index (χ3v) is 4.42. The van der Waals surface area contributed by atoms with Crippen LogP contribution < -0.4 is 9.88 Å². The summed E-state index contributed by atoms with van der Waals surface area (Å²) in [4.78, 5) is 0.172. The Labute approximate surface area is 125 Å². The molecule has 2 aromatic carbocycles. The van der Waals surface area contributed by atoms with E-state index in [1.165, 1.54) is 5.56 Å². The summed E-state index contributed by atoms with van der Waals surface area (Å²) in [5.74, 6) is 0.638. The standard InChI is InChI=1S/C16H19NO3S/c1-11-5-4-6-14(7-11)10-20-15-8-12(2)16(13(3)9-15)21(17,18)19/h4-9H,10H2,1-3H3,(H2,17,18,19). The van der Waals surface area contributed by atoms with Crippen molar-refractivity contribution in [2.45, 2.75) is 32.3 Å². The smallest absolute Gasteiger partial charge is 0.238 e. The van der Waals surface area contributed by atoms with Gasteiger partial charge in [0.1, 0.15) is 12.4 Å². The van der Waals surface area contributed by atoms with Crippen molar-refractivity contribution in [2.75, 3.05) is 0 Å². The molecule has 0 amide bonds.